The van der Waals surface area contributed by atoms with Crippen LogP contribution in [0, 0.1) is 0 Å². The first-order valence-electron chi connectivity index (χ1n) is 5.02. The van der Waals surface area contributed by atoms with E-state index in [1.165, 1.54) is 12.1 Å². The van der Waals surface area contributed by atoms with Gasteiger partial charge >= 0.3 is 6.18 Å². The zero-order valence-corrected chi connectivity index (χ0v) is 9.94. The van der Waals surface area contributed by atoms with Gasteiger partial charge in [0.1, 0.15) is 5.75 Å². The molecule has 2 rings (SSSR count). The quantitative estimate of drug-likeness (QED) is 0.782. The van der Waals surface area contributed by atoms with Crippen molar-refractivity contribution in [3.63, 3.8) is 0 Å². The Bertz CT molecular complexity index is 569. The fraction of sp³-hybridized carbons (Fsp3) is 0.182. The maximum atomic E-state index is 12.5. The van der Waals surface area contributed by atoms with Crippen LogP contribution in [0.2, 0.25) is 0 Å². The molecule has 1 aliphatic rings. The van der Waals surface area contributed by atoms with E-state index in [1.54, 1.807) is 0 Å². The van der Waals surface area contributed by atoms with E-state index in [-0.39, 0.29) is 10.9 Å². The van der Waals surface area contributed by atoms with Crippen LogP contribution >= 0.6 is 11.6 Å². The predicted molar refractivity (Wildman–Crippen MR) is 59.7 cm³/mol. The average molecular weight is 291 g/mol. The number of alkyl halides is 3. The Labute approximate surface area is 110 Å². The number of azo groups is 1. The smallest absolute Gasteiger partial charge is 0.416 e. The van der Waals surface area contributed by atoms with Gasteiger partial charge in [-0.1, -0.05) is 17.7 Å². The second-order valence-electron chi connectivity index (χ2n) is 3.58. The van der Waals surface area contributed by atoms with Crippen molar-refractivity contribution in [2.75, 3.05) is 0 Å². The van der Waals surface area contributed by atoms with Crippen molar-refractivity contribution < 1.29 is 22.7 Å². The van der Waals surface area contributed by atoms with E-state index in [2.05, 4.69) is 10.2 Å². The maximum absolute atomic E-state index is 12.5. The van der Waals surface area contributed by atoms with Crippen molar-refractivity contribution in [2.24, 2.45) is 10.2 Å². The standard InChI is InChI=1S/C11H6ClF3N2O2/c12-9-5-8(18)10(17-16-9)19-7-3-1-2-6(4-7)11(13,14)15/h1-5,10H. The molecule has 0 fully saturated rings. The fourth-order valence-electron chi connectivity index (χ4n) is 1.34. The Balaban J connectivity index is 2.17. The molecular weight excluding hydrogens is 285 g/mol. The molecule has 1 unspecified atom stereocenters. The van der Waals surface area contributed by atoms with Crippen LogP contribution in [0.3, 0.4) is 0 Å². The molecule has 1 aliphatic heterocycles. The van der Waals surface area contributed by atoms with Gasteiger partial charge in [-0.2, -0.15) is 13.2 Å². The van der Waals surface area contributed by atoms with Gasteiger partial charge < -0.3 is 4.74 Å². The summed E-state index contributed by atoms with van der Waals surface area (Å²) < 4.78 is 42.5. The molecule has 0 spiro atoms. The molecule has 0 amide bonds. The normalized spacial score (nSPS) is 19.3. The van der Waals surface area contributed by atoms with Crippen molar-refractivity contribution >= 4 is 17.4 Å². The first-order valence-corrected chi connectivity index (χ1v) is 5.40. The Morgan fingerprint density at radius 3 is 2.68 bits per heavy atom. The van der Waals surface area contributed by atoms with Gasteiger partial charge in [0.05, 0.1) is 5.56 Å². The molecule has 19 heavy (non-hydrogen) atoms. The predicted octanol–water partition coefficient (Wildman–Crippen LogP) is 3.53. The molecule has 0 radical (unpaired) electrons. The fourth-order valence-corrected chi connectivity index (χ4v) is 1.49. The third-order valence-electron chi connectivity index (χ3n) is 2.17. The van der Waals surface area contributed by atoms with E-state index in [9.17, 15) is 18.0 Å². The number of hydrogen-bond donors (Lipinski definition) is 0. The van der Waals surface area contributed by atoms with Crippen molar-refractivity contribution in [1.29, 1.82) is 0 Å². The highest BCUT2D eigenvalue weighted by molar-refractivity contribution is 6.31. The number of carbonyl (C=O) groups is 1. The number of rotatable bonds is 2. The summed E-state index contributed by atoms with van der Waals surface area (Å²) in [5.74, 6) is -0.712. The molecule has 100 valence electrons. The first-order chi connectivity index (χ1) is 8.86. The van der Waals surface area contributed by atoms with Crippen LogP contribution < -0.4 is 4.74 Å². The highest BCUT2D eigenvalue weighted by atomic mass is 35.5. The van der Waals surface area contributed by atoms with E-state index in [4.69, 9.17) is 16.3 Å². The van der Waals surface area contributed by atoms with E-state index in [0.717, 1.165) is 18.2 Å². The number of ketones is 1. The van der Waals surface area contributed by atoms with Gasteiger partial charge in [-0.15, -0.1) is 10.2 Å². The molecule has 0 aliphatic carbocycles. The van der Waals surface area contributed by atoms with Crippen LogP contribution in [0.1, 0.15) is 5.56 Å². The van der Waals surface area contributed by atoms with Crippen LogP contribution in [0.4, 0.5) is 13.2 Å². The van der Waals surface area contributed by atoms with Crippen LogP contribution in [0.15, 0.2) is 45.7 Å². The minimum absolute atomic E-state index is 0.103. The third-order valence-corrected chi connectivity index (χ3v) is 2.36. The average Bonchev–Trinajstić information content (AvgIpc) is 2.32. The Morgan fingerprint density at radius 2 is 2.05 bits per heavy atom. The highest BCUT2D eigenvalue weighted by Crippen LogP contribution is 2.31. The lowest BCUT2D eigenvalue weighted by molar-refractivity contribution is -0.137. The van der Waals surface area contributed by atoms with Gasteiger partial charge in [-0.3, -0.25) is 4.79 Å². The van der Waals surface area contributed by atoms with Gasteiger partial charge in [0.15, 0.2) is 5.16 Å². The van der Waals surface area contributed by atoms with Crippen molar-refractivity contribution in [2.45, 2.75) is 12.4 Å². The van der Waals surface area contributed by atoms with Crippen molar-refractivity contribution in [1.82, 2.24) is 0 Å². The minimum Gasteiger partial charge on any atom is -0.459 e. The number of carbonyl (C=O) groups excluding carboxylic acids is 1. The summed E-state index contributed by atoms with van der Waals surface area (Å²) in [5.41, 5.74) is -0.876. The SMILES string of the molecule is O=C1C=C(Cl)N=NC1Oc1cccc(C(F)(F)F)c1. The van der Waals surface area contributed by atoms with Crippen LogP contribution in [0.25, 0.3) is 0 Å². The molecular formula is C11H6ClF3N2O2. The molecule has 8 heteroatoms. The Kier molecular flexibility index (Phi) is 3.57. The van der Waals surface area contributed by atoms with E-state index in [0.29, 0.717) is 0 Å². The molecule has 1 aromatic carbocycles. The second-order valence-corrected chi connectivity index (χ2v) is 3.97. The molecule has 0 saturated carbocycles. The van der Waals surface area contributed by atoms with Gasteiger partial charge in [-0.25, -0.2) is 0 Å². The first kappa shape index (κ1) is 13.5. The zero-order valence-electron chi connectivity index (χ0n) is 9.19. The third kappa shape index (κ3) is 3.31. The van der Waals surface area contributed by atoms with Gasteiger partial charge in [0.2, 0.25) is 5.78 Å². The van der Waals surface area contributed by atoms with Crippen LogP contribution in [-0.4, -0.2) is 12.0 Å². The summed E-state index contributed by atoms with van der Waals surface area (Å²) >= 11 is 5.44. The van der Waals surface area contributed by atoms with E-state index < -0.39 is 23.8 Å². The van der Waals surface area contributed by atoms with Crippen LogP contribution in [0.5, 0.6) is 5.75 Å². The van der Waals surface area contributed by atoms with Gasteiger partial charge in [0.25, 0.3) is 6.23 Å². The molecule has 1 heterocycles. The summed E-state index contributed by atoms with van der Waals surface area (Å²) in [6.07, 6.45) is -4.81. The lowest BCUT2D eigenvalue weighted by Crippen LogP contribution is -2.25. The summed E-state index contributed by atoms with van der Waals surface area (Å²) in [5, 5.41) is 6.76. The highest BCUT2D eigenvalue weighted by Gasteiger charge is 2.31. The van der Waals surface area contributed by atoms with Gasteiger partial charge in [-0.05, 0) is 18.2 Å². The lowest BCUT2D eigenvalue weighted by Gasteiger charge is -2.15. The molecule has 0 aromatic heterocycles. The van der Waals surface area contributed by atoms with E-state index >= 15 is 0 Å². The molecule has 0 N–H and O–H groups in total. The summed E-state index contributed by atoms with van der Waals surface area (Å²) in [6.45, 7) is 0. The maximum Gasteiger partial charge on any atom is 0.416 e. The molecule has 1 atom stereocenters. The topological polar surface area (TPSA) is 51.0 Å². The largest absolute Gasteiger partial charge is 0.459 e. The van der Waals surface area contributed by atoms with Crippen LogP contribution in [-0.2, 0) is 11.0 Å². The monoisotopic (exact) mass is 290 g/mol. The lowest BCUT2D eigenvalue weighted by atomic mass is 10.2. The van der Waals surface area contributed by atoms with Crippen molar-refractivity contribution in [3.05, 3.63) is 41.1 Å². The second kappa shape index (κ2) is 5.00. The zero-order chi connectivity index (χ0) is 14.0. The number of nitrogens with zero attached hydrogens (tertiary/aromatic N) is 2. The number of hydrogen-bond acceptors (Lipinski definition) is 4. The molecule has 0 bridgehead atoms. The Hall–Kier alpha value is -1.89. The number of benzene rings is 1. The number of ether oxygens (including phenoxy) is 1. The summed E-state index contributed by atoms with van der Waals surface area (Å²) in [6, 6.07) is 4.14. The summed E-state index contributed by atoms with van der Waals surface area (Å²) in [7, 11) is 0. The van der Waals surface area contributed by atoms with Gasteiger partial charge in [0, 0.05) is 6.08 Å². The molecule has 1 aromatic rings. The van der Waals surface area contributed by atoms with Crippen molar-refractivity contribution in [3.8, 4) is 5.75 Å². The minimum atomic E-state index is -4.49. The summed E-state index contributed by atoms with van der Waals surface area (Å²) in [4.78, 5) is 11.4. The molecule has 4 nitrogen and oxygen atoms in total. The Morgan fingerprint density at radius 1 is 1.32 bits per heavy atom. The number of halogens is 4. The van der Waals surface area contributed by atoms with E-state index in [1.807, 2.05) is 0 Å². The molecule has 0 saturated heterocycles.